The Kier molecular flexibility index (Phi) is 7.53. The van der Waals surface area contributed by atoms with E-state index in [0.29, 0.717) is 0 Å². The van der Waals surface area contributed by atoms with Crippen LogP contribution in [0.1, 0.15) is 52.9 Å². The smallest absolute Gasteiger partial charge is 0.0513 e. The zero-order valence-corrected chi connectivity index (χ0v) is 16.0. The van der Waals surface area contributed by atoms with Crippen molar-refractivity contribution < 1.29 is 0 Å². The van der Waals surface area contributed by atoms with Crippen LogP contribution in [0.2, 0.25) is 0 Å². The number of allylic oxidation sites excluding steroid dienone is 13. The molecule has 0 amide bonds. The summed E-state index contributed by atoms with van der Waals surface area (Å²) in [5, 5.41) is 0. The summed E-state index contributed by atoms with van der Waals surface area (Å²) in [6.07, 6.45) is 27.2. The molecule has 0 aromatic rings. The average Bonchev–Trinajstić information content (AvgIpc) is 2.63. The molecule has 0 radical (unpaired) electrons. The van der Waals surface area contributed by atoms with Crippen LogP contribution in [-0.4, -0.2) is 4.90 Å². The van der Waals surface area contributed by atoms with E-state index in [4.69, 9.17) is 0 Å². The molecular weight excluding hydrogens is 302 g/mol. The number of hydrogen-bond acceptors (Lipinski definition) is 1. The Morgan fingerprint density at radius 1 is 1.24 bits per heavy atom. The number of nitrogens with zero attached hydrogens (tertiary/aromatic N) is 1. The van der Waals surface area contributed by atoms with Gasteiger partial charge in [-0.1, -0.05) is 62.1 Å². The first-order valence-corrected chi connectivity index (χ1v) is 9.37. The monoisotopic (exact) mass is 333 g/mol. The summed E-state index contributed by atoms with van der Waals surface area (Å²) in [6, 6.07) is 0. The van der Waals surface area contributed by atoms with E-state index < -0.39 is 0 Å². The molecule has 0 heterocycles. The molecule has 2 aliphatic rings. The molecule has 0 fully saturated rings. The van der Waals surface area contributed by atoms with Gasteiger partial charge >= 0.3 is 0 Å². The SMILES string of the molecule is C=C/C=C\C1=CCCC(C)=C1N(C1=CC=CCC1)/C(C)=C/C=C\CC. The Morgan fingerprint density at radius 2 is 2.08 bits per heavy atom. The van der Waals surface area contributed by atoms with Crippen molar-refractivity contribution in [2.75, 3.05) is 0 Å². The molecule has 0 unspecified atom stereocenters. The normalized spacial score (nSPS) is 18.8. The summed E-state index contributed by atoms with van der Waals surface area (Å²) < 4.78 is 0. The van der Waals surface area contributed by atoms with Crippen molar-refractivity contribution in [2.24, 2.45) is 0 Å². The van der Waals surface area contributed by atoms with Crippen molar-refractivity contribution in [1.29, 1.82) is 0 Å². The largest absolute Gasteiger partial charge is 0.318 e. The number of rotatable bonds is 7. The minimum absolute atomic E-state index is 1.06. The highest BCUT2D eigenvalue weighted by Gasteiger charge is 2.22. The highest BCUT2D eigenvalue weighted by molar-refractivity contribution is 5.49. The Labute approximate surface area is 153 Å². The molecule has 0 aromatic heterocycles. The quantitative estimate of drug-likeness (QED) is 0.448. The molecule has 25 heavy (non-hydrogen) atoms. The third-order valence-electron chi connectivity index (χ3n) is 4.54. The third kappa shape index (κ3) is 5.09. The van der Waals surface area contributed by atoms with Gasteiger partial charge in [-0.05, 0) is 69.2 Å². The van der Waals surface area contributed by atoms with Crippen molar-refractivity contribution in [2.45, 2.75) is 52.9 Å². The molecule has 0 atom stereocenters. The summed E-state index contributed by atoms with van der Waals surface area (Å²) in [5.74, 6) is 0. The van der Waals surface area contributed by atoms with Crippen LogP contribution < -0.4 is 0 Å². The van der Waals surface area contributed by atoms with Gasteiger partial charge in [-0.15, -0.1) is 0 Å². The van der Waals surface area contributed by atoms with Gasteiger partial charge in [-0.2, -0.15) is 0 Å². The minimum atomic E-state index is 1.06. The average molecular weight is 334 g/mol. The molecule has 132 valence electrons. The van der Waals surface area contributed by atoms with E-state index in [1.165, 1.54) is 28.2 Å². The lowest BCUT2D eigenvalue weighted by atomic mass is 9.93. The van der Waals surface area contributed by atoms with E-state index in [-0.39, 0.29) is 0 Å². The maximum atomic E-state index is 3.82. The Morgan fingerprint density at radius 3 is 2.76 bits per heavy atom. The van der Waals surface area contributed by atoms with Crippen molar-refractivity contribution in [1.82, 2.24) is 4.90 Å². The van der Waals surface area contributed by atoms with Crippen molar-refractivity contribution in [3.05, 3.63) is 95.6 Å². The van der Waals surface area contributed by atoms with Crippen molar-refractivity contribution in [3.8, 4) is 0 Å². The van der Waals surface area contributed by atoms with Crippen molar-refractivity contribution in [3.63, 3.8) is 0 Å². The molecule has 1 heteroatoms. The van der Waals surface area contributed by atoms with Gasteiger partial charge in [0.05, 0.1) is 5.70 Å². The first-order valence-electron chi connectivity index (χ1n) is 9.37. The molecule has 1 nitrogen and oxygen atoms in total. The van der Waals surface area contributed by atoms with Gasteiger partial charge in [0, 0.05) is 11.4 Å². The Bertz CT molecular complexity index is 690. The molecule has 2 rings (SSSR count). The second-order valence-electron chi connectivity index (χ2n) is 6.53. The van der Waals surface area contributed by atoms with Crippen LogP contribution in [0.3, 0.4) is 0 Å². The predicted octanol–water partition coefficient (Wildman–Crippen LogP) is 7.13. The lowest BCUT2D eigenvalue weighted by Crippen LogP contribution is -2.24. The van der Waals surface area contributed by atoms with E-state index in [0.717, 1.165) is 32.1 Å². The maximum Gasteiger partial charge on any atom is 0.0513 e. The van der Waals surface area contributed by atoms with Crippen LogP contribution in [0.5, 0.6) is 0 Å². The van der Waals surface area contributed by atoms with Gasteiger partial charge in [-0.3, -0.25) is 0 Å². The molecule has 0 saturated carbocycles. The molecule has 0 aliphatic heterocycles. The van der Waals surface area contributed by atoms with Crippen LogP contribution in [0.4, 0.5) is 0 Å². The summed E-state index contributed by atoms with van der Waals surface area (Å²) in [7, 11) is 0. The van der Waals surface area contributed by atoms with E-state index in [1.807, 2.05) is 12.2 Å². The molecule has 0 saturated heterocycles. The fourth-order valence-corrected chi connectivity index (χ4v) is 3.28. The Hall–Kier alpha value is -2.28. The van der Waals surface area contributed by atoms with Crippen LogP contribution >= 0.6 is 0 Å². The first-order chi connectivity index (χ1) is 12.2. The van der Waals surface area contributed by atoms with Crippen LogP contribution in [0, 0.1) is 0 Å². The number of hydrogen-bond donors (Lipinski definition) is 0. The van der Waals surface area contributed by atoms with Crippen molar-refractivity contribution >= 4 is 0 Å². The summed E-state index contributed by atoms with van der Waals surface area (Å²) in [5.41, 5.74) is 6.72. The van der Waals surface area contributed by atoms with Gasteiger partial charge < -0.3 is 4.90 Å². The third-order valence-corrected chi connectivity index (χ3v) is 4.54. The fraction of sp³-hybridized carbons (Fsp3) is 0.333. The fourth-order valence-electron chi connectivity index (χ4n) is 3.28. The minimum Gasteiger partial charge on any atom is -0.318 e. The molecular formula is C24H31N. The van der Waals surface area contributed by atoms with Gasteiger partial charge in [0.25, 0.3) is 0 Å². The molecule has 0 bridgehead atoms. The lowest BCUT2D eigenvalue weighted by molar-refractivity contribution is 0.498. The second kappa shape index (κ2) is 9.88. The zero-order valence-electron chi connectivity index (χ0n) is 16.0. The maximum absolute atomic E-state index is 3.82. The van der Waals surface area contributed by atoms with E-state index in [9.17, 15) is 0 Å². The van der Waals surface area contributed by atoms with Gasteiger partial charge in [0.2, 0.25) is 0 Å². The highest BCUT2D eigenvalue weighted by atomic mass is 15.2. The topological polar surface area (TPSA) is 3.24 Å². The van der Waals surface area contributed by atoms with Crippen LogP contribution in [0.25, 0.3) is 0 Å². The highest BCUT2D eigenvalue weighted by Crippen LogP contribution is 2.36. The second-order valence-corrected chi connectivity index (χ2v) is 6.53. The summed E-state index contributed by atoms with van der Waals surface area (Å²) >= 11 is 0. The van der Waals surface area contributed by atoms with Crippen LogP contribution in [0.15, 0.2) is 95.6 Å². The van der Waals surface area contributed by atoms with Gasteiger partial charge in [0.15, 0.2) is 0 Å². The predicted molar refractivity (Wildman–Crippen MR) is 111 cm³/mol. The summed E-state index contributed by atoms with van der Waals surface area (Å²) in [6.45, 7) is 10.5. The van der Waals surface area contributed by atoms with E-state index >= 15 is 0 Å². The zero-order chi connectivity index (χ0) is 18.1. The van der Waals surface area contributed by atoms with Gasteiger partial charge in [0.1, 0.15) is 0 Å². The molecule has 0 aromatic carbocycles. The van der Waals surface area contributed by atoms with Gasteiger partial charge in [-0.25, -0.2) is 0 Å². The molecule has 2 aliphatic carbocycles. The molecule has 0 N–H and O–H groups in total. The Balaban J connectivity index is 2.51. The standard InChI is InChI=1S/C24H31N/c1-5-7-10-15-21(4)25(23-18-11-9-12-19-23)24-20(3)14-13-17-22(24)16-8-6-2/h6-11,15-18H,2,5,12-14,19H2,1,3-4H3/b10-7-,16-8-,21-15+. The van der Waals surface area contributed by atoms with Crippen LogP contribution in [-0.2, 0) is 0 Å². The lowest BCUT2D eigenvalue weighted by Gasteiger charge is -2.35. The van der Waals surface area contributed by atoms with E-state index in [1.54, 1.807) is 0 Å². The first kappa shape index (κ1) is 19.1. The molecule has 0 spiro atoms. The van der Waals surface area contributed by atoms with E-state index in [2.05, 4.69) is 80.9 Å². The summed E-state index contributed by atoms with van der Waals surface area (Å²) in [4.78, 5) is 2.46.